The van der Waals surface area contributed by atoms with Gasteiger partial charge in [-0.25, -0.2) is 0 Å². The number of hydrogen-bond donors (Lipinski definition) is 1. The van der Waals surface area contributed by atoms with Crippen molar-refractivity contribution in [1.82, 2.24) is 0 Å². The van der Waals surface area contributed by atoms with Crippen LogP contribution in [0.2, 0.25) is 0 Å². The quantitative estimate of drug-likeness (QED) is 0.906. The van der Waals surface area contributed by atoms with Gasteiger partial charge in [0.2, 0.25) is 0 Å². The maximum atomic E-state index is 11.7. The summed E-state index contributed by atoms with van der Waals surface area (Å²) in [6.45, 7) is 12.5. The van der Waals surface area contributed by atoms with Crippen molar-refractivity contribution in [3.05, 3.63) is 34.9 Å². The van der Waals surface area contributed by atoms with Crippen molar-refractivity contribution in [3.63, 3.8) is 0 Å². The minimum atomic E-state index is -0.387. The third kappa shape index (κ3) is 3.90. The maximum absolute atomic E-state index is 11.7. The topological polar surface area (TPSA) is 37.3 Å². The van der Waals surface area contributed by atoms with Crippen LogP contribution in [-0.2, 0) is 22.0 Å². The lowest BCUT2D eigenvalue weighted by atomic mass is 9.75. The van der Waals surface area contributed by atoms with Crippen LogP contribution in [0.4, 0.5) is 0 Å². The summed E-state index contributed by atoms with van der Waals surface area (Å²) in [7, 11) is 0. The summed E-state index contributed by atoms with van der Waals surface area (Å²) in [6, 6.07) is 6.25. The largest absolute Gasteiger partial charge is 0.389 e. The molecule has 2 heteroatoms. The minimum Gasteiger partial charge on any atom is -0.389 e. The molecule has 0 spiro atoms. The van der Waals surface area contributed by atoms with Crippen molar-refractivity contribution in [2.75, 3.05) is 6.61 Å². The highest BCUT2D eigenvalue weighted by Gasteiger charge is 2.25. The average molecular weight is 262 g/mol. The molecular weight excluding hydrogens is 236 g/mol. The second-order valence-corrected chi connectivity index (χ2v) is 7.21. The van der Waals surface area contributed by atoms with E-state index in [0.717, 1.165) is 5.56 Å². The molecule has 0 fully saturated rings. The molecule has 0 aromatic heterocycles. The number of benzene rings is 1. The van der Waals surface area contributed by atoms with E-state index in [1.54, 1.807) is 0 Å². The molecule has 0 saturated heterocycles. The van der Waals surface area contributed by atoms with Crippen LogP contribution in [-0.4, -0.2) is 17.5 Å². The molecule has 19 heavy (non-hydrogen) atoms. The Morgan fingerprint density at radius 1 is 1.00 bits per heavy atom. The highest BCUT2D eigenvalue weighted by atomic mass is 16.3. The Kier molecular flexibility index (Phi) is 4.57. The third-order valence-electron chi connectivity index (χ3n) is 3.34. The van der Waals surface area contributed by atoms with Gasteiger partial charge in [-0.2, -0.15) is 0 Å². The van der Waals surface area contributed by atoms with Crippen LogP contribution >= 0.6 is 0 Å². The van der Waals surface area contributed by atoms with Gasteiger partial charge in [-0.05, 0) is 27.5 Å². The van der Waals surface area contributed by atoms with E-state index in [1.807, 2.05) is 0 Å². The number of hydrogen-bond acceptors (Lipinski definition) is 2. The lowest BCUT2D eigenvalue weighted by Crippen LogP contribution is -2.23. The van der Waals surface area contributed by atoms with E-state index in [9.17, 15) is 4.79 Å². The summed E-state index contributed by atoms with van der Waals surface area (Å²) in [4.78, 5) is 11.7. The summed E-state index contributed by atoms with van der Waals surface area (Å²) in [5.41, 5.74) is 3.46. The first kappa shape index (κ1) is 15.9. The molecule has 0 radical (unpaired) electrons. The van der Waals surface area contributed by atoms with E-state index in [1.165, 1.54) is 11.1 Å². The second kappa shape index (κ2) is 5.46. The van der Waals surface area contributed by atoms with Crippen molar-refractivity contribution in [3.8, 4) is 0 Å². The molecule has 0 unspecified atom stereocenters. The third-order valence-corrected chi connectivity index (χ3v) is 3.34. The predicted molar refractivity (Wildman–Crippen MR) is 79.6 cm³/mol. The van der Waals surface area contributed by atoms with Gasteiger partial charge in [-0.1, -0.05) is 59.7 Å². The number of carbonyl (C=O) groups excluding carboxylic acids is 1. The monoisotopic (exact) mass is 262 g/mol. The highest BCUT2D eigenvalue weighted by Crippen LogP contribution is 2.34. The van der Waals surface area contributed by atoms with Crippen molar-refractivity contribution >= 4 is 5.78 Å². The highest BCUT2D eigenvalue weighted by molar-refractivity contribution is 5.82. The number of rotatable bonds is 3. The van der Waals surface area contributed by atoms with Gasteiger partial charge in [0.1, 0.15) is 6.61 Å². The summed E-state index contributed by atoms with van der Waals surface area (Å²) < 4.78 is 0. The Bertz CT molecular complexity index is 427. The molecule has 1 aromatic carbocycles. The summed E-state index contributed by atoms with van der Waals surface area (Å²) in [6.07, 6.45) is 0.316. The van der Waals surface area contributed by atoms with Gasteiger partial charge in [-0.15, -0.1) is 0 Å². The molecule has 0 saturated carbocycles. The fourth-order valence-electron chi connectivity index (χ4n) is 2.44. The molecule has 1 rings (SSSR count). The summed E-state index contributed by atoms with van der Waals surface area (Å²) in [5, 5.41) is 9.03. The van der Waals surface area contributed by atoms with Gasteiger partial charge >= 0.3 is 0 Å². The standard InChI is InChI=1S/C17H26O2/c1-16(2,3)14-8-7-9-15(17(4,5)6)13(14)10-12(19)11-18/h7-9,18H,10-11H2,1-6H3. The Labute approximate surface area is 116 Å². The smallest absolute Gasteiger partial charge is 0.162 e. The molecule has 0 heterocycles. The van der Waals surface area contributed by atoms with E-state index >= 15 is 0 Å². The number of Topliss-reactive ketones (excluding diaryl/α,β-unsaturated/α-hetero) is 1. The lowest BCUT2D eigenvalue weighted by Gasteiger charge is -2.29. The number of ketones is 1. The first-order valence-electron chi connectivity index (χ1n) is 6.83. The van der Waals surface area contributed by atoms with Gasteiger partial charge in [0.05, 0.1) is 0 Å². The number of carbonyl (C=O) groups is 1. The van der Waals surface area contributed by atoms with Crippen molar-refractivity contribution in [2.24, 2.45) is 0 Å². The van der Waals surface area contributed by atoms with Gasteiger partial charge < -0.3 is 5.11 Å². The molecule has 0 bridgehead atoms. The van der Waals surface area contributed by atoms with E-state index in [-0.39, 0.29) is 23.2 Å². The maximum Gasteiger partial charge on any atom is 0.162 e. The molecule has 0 amide bonds. The zero-order chi connectivity index (χ0) is 14.8. The zero-order valence-corrected chi connectivity index (χ0v) is 13.0. The van der Waals surface area contributed by atoms with Gasteiger partial charge in [0, 0.05) is 6.42 Å². The molecule has 1 N–H and O–H groups in total. The van der Waals surface area contributed by atoms with Crippen molar-refractivity contribution < 1.29 is 9.90 Å². The van der Waals surface area contributed by atoms with Crippen LogP contribution in [0.25, 0.3) is 0 Å². The lowest BCUT2D eigenvalue weighted by molar-refractivity contribution is -0.121. The van der Waals surface area contributed by atoms with E-state index < -0.39 is 0 Å². The summed E-state index contributed by atoms with van der Waals surface area (Å²) >= 11 is 0. The Morgan fingerprint density at radius 3 is 1.74 bits per heavy atom. The number of aliphatic hydroxyl groups excluding tert-OH is 1. The van der Waals surface area contributed by atoms with E-state index in [0.29, 0.717) is 6.42 Å². The van der Waals surface area contributed by atoms with Crippen LogP contribution in [0.5, 0.6) is 0 Å². The van der Waals surface area contributed by atoms with Crippen LogP contribution < -0.4 is 0 Å². The van der Waals surface area contributed by atoms with Crippen LogP contribution in [0.15, 0.2) is 18.2 Å². The normalized spacial score (nSPS) is 12.6. The first-order chi connectivity index (χ1) is 8.57. The van der Waals surface area contributed by atoms with Crippen LogP contribution in [0.1, 0.15) is 58.2 Å². The summed E-state index contributed by atoms with van der Waals surface area (Å²) in [5.74, 6) is -0.123. The van der Waals surface area contributed by atoms with E-state index in [4.69, 9.17) is 5.11 Å². The van der Waals surface area contributed by atoms with E-state index in [2.05, 4.69) is 59.7 Å². The molecular formula is C17H26O2. The minimum absolute atomic E-state index is 0.00761. The Morgan fingerprint density at radius 2 is 1.42 bits per heavy atom. The fourth-order valence-corrected chi connectivity index (χ4v) is 2.44. The zero-order valence-electron chi connectivity index (χ0n) is 13.0. The Balaban J connectivity index is 3.45. The average Bonchev–Trinajstić information content (AvgIpc) is 2.26. The predicted octanol–water partition coefficient (Wildman–Crippen LogP) is 3.39. The van der Waals surface area contributed by atoms with Gasteiger partial charge in [0.25, 0.3) is 0 Å². The van der Waals surface area contributed by atoms with Crippen LogP contribution in [0.3, 0.4) is 0 Å². The SMILES string of the molecule is CC(C)(C)c1cccc(C(C)(C)C)c1CC(=O)CO. The van der Waals surface area contributed by atoms with Gasteiger partial charge in [0.15, 0.2) is 5.78 Å². The second-order valence-electron chi connectivity index (χ2n) is 7.21. The van der Waals surface area contributed by atoms with Crippen molar-refractivity contribution in [2.45, 2.75) is 58.8 Å². The number of aliphatic hydroxyl groups is 1. The van der Waals surface area contributed by atoms with Crippen molar-refractivity contribution in [1.29, 1.82) is 0 Å². The fraction of sp³-hybridized carbons (Fsp3) is 0.588. The molecule has 0 aliphatic heterocycles. The Hall–Kier alpha value is -1.15. The molecule has 2 nitrogen and oxygen atoms in total. The molecule has 0 atom stereocenters. The first-order valence-corrected chi connectivity index (χ1v) is 6.83. The molecule has 106 valence electrons. The van der Waals surface area contributed by atoms with Crippen LogP contribution in [0, 0.1) is 0 Å². The van der Waals surface area contributed by atoms with Gasteiger partial charge in [-0.3, -0.25) is 4.79 Å². The molecule has 0 aliphatic rings. The molecule has 1 aromatic rings. The molecule has 0 aliphatic carbocycles.